The molecule has 1 atom stereocenters. The van der Waals surface area contributed by atoms with E-state index in [1.165, 1.54) is 24.9 Å². The third-order valence-corrected chi connectivity index (χ3v) is 3.32. The van der Waals surface area contributed by atoms with Crippen molar-refractivity contribution in [2.45, 2.75) is 38.8 Å². The first-order chi connectivity index (χ1) is 7.18. The highest BCUT2D eigenvalue weighted by Crippen LogP contribution is 2.33. The first-order valence-corrected chi connectivity index (χ1v) is 5.93. The number of likely N-dealkylation sites (tertiary alicyclic amines) is 1. The maximum atomic E-state index is 5.79. The largest absolute Gasteiger partial charge is 0.294 e. The monoisotopic (exact) mass is 224 g/mol. The molecule has 0 aromatic carbocycles. The molecule has 1 fully saturated rings. The van der Waals surface area contributed by atoms with Gasteiger partial charge in [-0.2, -0.15) is 0 Å². The second kappa shape index (κ2) is 4.50. The molecule has 1 unspecified atom stereocenters. The summed E-state index contributed by atoms with van der Waals surface area (Å²) in [5.41, 5.74) is 1.30. The lowest BCUT2D eigenvalue weighted by molar-refractivity contribution is 0.205. The fourth-order valence-electron chi connectivity index (χ4n) is 2.35. The summed E-state index contributed by atoms with van der Waals surface area (Å²) in [6.45, 7) is 5.70. The molecule has 2 nitrogen and oxygen atoms in total. The van der Waals surface area contributed by atoms with Crippen LogP contribution in [0.1, 0.15) is 38.3 Å². The summed E-state index contributed by atoms with van der Waals surface area (Å²) in [6.07, 6.45) is 4.43. The molecular formula is C12H17ClN2. The van der Waals surface area contributed by atoms with Gasteiger partial charge in [0.1, 0.15) is 5.15 Å². The van der Waals surface area contributed by atoms with E-state index in [0.29, 0.717) is 17.2 Å². The predicted octanol–water partition coefficient (Wildman–Crippen LogP) is 3.28. The summed E-state index contributed by atoms with van der Waals surface area (Å²) in [4.78, 5) is 6.69. The molecule has 2 heterocycles. The van der Waals surface area contributed by atoms with E-state index in [2.05, 4.69) is 29.8 Å². The summed E-state index contributed by atoms with van der Waals surface area (Å²) in [5.74, 6) is 0. The minimum atomic E-state index is 0.537. The van der Waals surface area contributed by atoms with Crippen LogP contribution in [-0.2, 0) is 0 Å². The lowest BCUT2D eigenvalue weighted by Crippen LogP contribution is -2.30. The molecule has 1 saturated heterocycles. The van der Waals surface area contributed by atoms with E-state index in [4.69, 9.17) is 11.6 Å². The van der Waals surface area contributed by atoms with Gasteiger partial charge in [0.2, 0.25) is 0 Å². The topological polar surface area (TPSA) is 16.1 Å². The van der Waals surface area contributed by atoms with Crippen LogP contribution in [0.4, 0.5) is 0 Å². The van der Waals surface area contributed by atoms with E-state index < -0.39 is 0 Å². The maximum absolute atomic E-state index is 5.79. The highest BCUT2D eigenvalue weighted by molar-refractivity contribution is 6.29. The molecule has 3 heteroatoms. The average molecular weight is 225 g/mol. The summed E-state index contributed by atoms with van der Waals surface area (Å²) in [5, 5.41) is 0.577. The average Bonchev–Trinajstić information content (AvgIpc) is 2.67. The van der Waals surface area contributed by atoms with Gasteiger partial charge in [-0.3, -0.25) is 4.90 Å². The van der Waals surface area contributed by atoms with E-state index in [1.54, 1.807) is 0 Å². The fraction of sp³-hybridized carbons (Fsp3) is 0.583. The van der Waals surface area contributed by atoms with E-state index in [9.17, 15) is 0 Å². The van der Waals surface area contributed by atoms with Crippen LogP contribution < -0.4 is 0 Å². The zero-order chi connectivity index (χ0) is 10.8. The number of hydrogen-bond donors (Lipinski definition) is 0. The van der Waals surface area contributed by atoms with Gasteiger partial charge < -0.3 is 0 Å². The van der Waals surface area contributed by atoms with Gasteiger partial charge in [0.15, 0.2) is 0 Å². The minimum absolute atomic E-state index is 0.537. The van der Waals surface area contributed by atoms with Crippen LogP contribution in [0.15, 0.2) is 18.3 Å². The molecule has 1 aromatic rings. The fourth-order valence-corrected chi connectivity index (χ4v) is 2.46. The number of pyridine rings is 1. The van der Waals surface area contributed by atoms with Crippen molar-refractivity contribution in [3.63, 3.8) is 0 Å². The molecule has 15 heavy (non-hydrogen) atoms. The normalized spacial score (nSPS) is 22.5. The lowest BCUT2D eigenvalue weighted by atomic mass is 10.1. The summed E-state index contributed by atoms with van der Waals surface area (Å²) in [6, 6.07) is 5.12. The Hall–Kier alpha value is -0.600. The van der Waals surface area contributed by atoms with Crippen molar-refractivity contribution in [2.24, 2.45) is 0 Å². The molecule has 1 aliphatic rings. The van der Waals surface area contributed by atoms with Crippen LogP contribution in [0.2, 0.25) is 5.15 Å². The van der Waals surface area contributed by atoms with E-state index in [1.807, 2.05) is 12.3 Å². The van der Waals surface area contributed by atoms with Crippen LogP contribution >= 0.6 is 11.6 Å². The smallest absolute Gasteiger partial charge is 0.129 e. The SMILES string of the molecule is CC(C)N1CCCC1c1ccc(Cl)nc1. The van der Waals surface area contributed by atoms with Gasteiger partial charge in [0, 0.05) is 18.3 Å². The highest BCUT2D eigenvalue weighted by Gasteiger charge is 2.27. The molecule has 0 bridgehead atoms. The number of aromatic nitrogens is 1. The first kappa shape index (κ1) is 10.9. The number of halogens is 1. The van der Waals surface area contributed by atoms with Gasteiger partial charge >= 0.3 is 0 Å². The van der Waals surface area contributed by atoms with Crippen LogP contribution in [0.25, 0.3) is 0 Å². The Morgan fingerprint density at radius 2 is 2.27 bits per heavy atom. The molecule has 0 amide bonds. The van der Waals surface area contributed by atoms with Crippen molar-refractivity contribution in [1.82, 2.24) is 9.88 Å². The summed E-state index contributed by atoms with van der Waals surface area (Å²) >= 11 is 5.79. The number of nitrogens with zero attached hydrogens (tertiary/aromatic N) is 2. The second-order valence-corrected chi connectivity index (χ2v) is 4.79. The van der Waals surface area contributed by atoms with Crippen LogP contribution in [0.5, 0.6) is 0 Å². The molecule has 82 valence electrons. The van der Waals surface area contributed by atoms with E-state index in [0.717, 1.165) is 0 Å². The van der Waals surface area contributed by atoms with E-state index >= 15 is 0 Å². The van der Waals surface area contributed by atoms with Crippen LogP contribution in [0, 0.1) is 0 Å². The Morgan fingerprint density at radius 3 is 2.87 bits per heavy atom. The van der Waals surface area contributed by atoms with Crippen molar-refractivity contribution in [1.29, 1.82) is 0 Å². The van der Waals surface area contributed by atoms with Gasteiger partial charge in [-0.1, -0.05) is 17.7 Å². The van der Waals surface area contributed by atoms with Gasteiger partial charge in [0.25, 0.3) is 0 Å². The highest BCUT2D eigenvalue weighted by atomic mass is 35.5. The van der Waals surface area contributed by atoms with Gasteiger partial charge in [-0.05, 0) is 44.9 Å². The summed E-state index contributed by atoms with van der Waals surface area (Å²) in [7, 11) is 0. The number of rotatable bonds is 2. The third-order valence-electron chi connectivity index (χ3n) is 3.09. The Bertz CT molecular complexity index is 321. The quantitative estimate of drug-likeness (QED) is 0.717. The standard InChI is InChI=1S/C12H17ClN2/c1-9(2)15-7-3-4-11(15)10-5-6-12(13)14-8-10/h5-6,8-9,11H,3-4,7H2,1-2H3. The van der Waals surface area contributed by atoms with Crippen molar-refractivity contribution >= 4 is 11.6 Å². The third kappa shape index (κ3) is 2.32. The van der Waals surface area contributed by atoms with Crippen molar-refractivity contribution in [2.75, 3.05) is 6.54 Å². The molecule has 0 N–H and O–H groups in total. The minimum Gasteiger partial charge on any atom is -0.294 e. The molecule has 1 aromatic heterocycles. The zero-order valence-corrected chi connectivity index (χ0v) is 10.0. The Balaban J connectivity index is 2.19. The Kier molecular flexibility index (Phi) is 3.27. The lowest BCUT2D eigenvalue weighted by Gasteiger charge is -2.28. The van der Waals surface area contributed by atoms with Crippen molar-refractivity contribution in [3.05, 3.63) is 29.0 Å². The van der Waals surface area contributed by atoms with Crippen molar-refractivity contribution < 1.29 is 0 Å². The molecular weight excluding hydrogens is 208 g/mol. The molecule has 0 spiro atoms. The molecule has 0 aliphatic carbocycles. The van der Waals surface area contributed by atoms with Gasteiger partial charge in [-0.25, -0.2) is 4.98 Å². The molecule has 0 radical (unpaired) electrons. The molecule has 2 rings (SSSR count). The van der Waals surface area contributed by atoms with Crippen molar-refractivity contribution in [3.8, 4) is 0 Å². The van der Waals surface area contributed by atoms with Gasteiger partial charge in [-0.15, -0.1) is 0 Å². The van der Waals surface area contributed by atoms with Crippen LogP contribution in [0.3, 0.4) is 0 Å². The Labute approximate surface area is 96.3 Å². The maximum Gasteiger partial charge on any atom is 0.129 e. The number of hydrogen-bond acceptors (Lipinski definition) is 2. The molecule has 1 aliphatic heterocycles. The first-order valence-electron chi connectivity index (χ1n) is 5.55. The Morgan fingerprint density at radius 1 is 1.47 bits per heavy atom. The van der Waals surface area contributed by atoms with Crippen LogP contribution in [-0.4, -0.2) is 22.5 Å². The van der Waals surface area contributed by atoms with E-state index in [-0.39, 0.29) is 0 Å². The predicted molar refractivity (Wildman–Crippen MR) is 63.1 cm³/mol. The second-order valence-electron chi connectivity index (χ2n) is 4.40. The molecule has 0 saturated carbocycles. The zero-order valence-electron chi connectivity index (χ0n) is 9.28. The summed E-state index contributed by atoms with van der Waals surface area (Å²) < 4.78 is 0. The van der Waals surface area contributed by atoms with Gasteiger partial charge in [0.05, 0.1) is 0 Å².